The molecule has 5 heteroatoms. The van der Waals surface area contributed by atoms with Gasteiger partial charge in [-0.3, -0.25) is 0 Å². The highest BCUT2D eigenvalue weighted by Gasteiger charge is 2.01. The Kier molecular flexibility index (Phi) is 4.28. The Bertz CT molecular complexity index is 531. The molecule has 0 spiro atoms. The number of hydrogen-bond acceptors (Lipinski definition) is 4. The van der Waals surface area contributed by atoms with Crippen LogP contribution in [-0.2, 0) is 13.0 Å². The molecule has 1 aromatic heterocycles. The average molecular weight is 277 g/mol. The molecule has 18 heavy (non-hydrogen) atoms. The average Bonchev–Trinajstić information content (AvgIpc) is 2.85. The van der Waals surface area contributed by atoms with Gasteiger partial charge in [-0.2, -0.15) is 0 Å². The Hall–Kier alpha value is -1.46. The highest BCUT2D eigenvalue weighted by Crippen LogP contribution is 2.16. The number of benzene rings is 1. The Morgan fingerprint density at radius 2 is 2.11 bits per heavy atom. The summed E-state index contributed by atoms with van der Waals surface area (Å²) in [6.45, 7) is 2.89. The Morgan fingerprint density at radius 1 is 1.39 bits per heavy atom. The predicted octanol–water partition coefficient (Wildman–Crippen LogP) is 2.95. The molecule has 0 saturated carbocycles. The maximum Gasteiger partial charge on any atom is 0.112 e. The van der Waals surface area contributed by atoms with Gasteiger partial charge in [-0.15, -0.1) is 11.3 Å². The minimum Gasteiger partial charge on any atom is -0.389 e. The molecular formula is C13H15N3S2. The van der Waals surface area contributed by atoms with Crippen LogP contribution < -0.4 is 11.1 Å². The first kappa shape index (κ1) is 13.0. The number of nitrogens with one attached hydrogen (secondary N) is 1. The molecule has 0 atom stereocenters. The number of thiocarbonyl (C=S) groups is 1. The number of aryl methyl sites for hydroxylation is 1. The fourth-order valence-electron chi connectivity index (χ4n) is 1.52. The summed E-state index contributed by atoms with van der Waals surface area (Å²) < 4.78 is 0. The molecule has 2 rings (SSSR count). The van der Waals surface area contributed by atoms with E-state index in [-0.39, 0.29) is 0 Å². The fraction of sp³-hybridized carbons (Fsp3) is 0.231. The van der Waals surface area contributed by atoms with Crippen molar-refractivity contribution in [1.82, 2.24) is 4.98 Å². The molecule has 3 nitrogen and oxygen atoms in total. The van der Waals surface area contributed by atoms with Crippen molar-refractivity contribution >= 4 is 34.2 Å². The third kappa shape index (κ3) is 3.27. The highest BCUT2D eigenvalue weighted by molar-refractivity contribution is 7.80. The van der Waals surface area contributed by atoms with Gasteiger partial charge in [0.15, 0.2) is 0 Å². The lowest BCUT2D eigenvalue weighted by atomic mass is 10.2. The normalized spacial score (nSPS) is 10.3. The Labute approximate surface area is 116 Å². The SMILES string of the molecule is CCc1cnc(CNc2ccc(C(N)=S)cc2)s1. The van der Waals surface area contributed by atoms with Gasteiger partial charge in [-0.05, 0) is 30.7 Å². The minimum atomic E-state index is 0.425. The van der Waals surface area contributed by atoms with Gasteiger partial charge in [0, 0.05) is 22.3 Å². The third-order valence-corrected chi connectivity index (χ3v) is 3.94. The summed E-state index contributed by atoms with van der Waals surface area (Å²) in [5.41, 5.74) is 7.48. The maximum atomic E-state index is 5.55. The van der Waals surface area contributed by atoms with E-state index in [1.54, 1.807) is 11.3 Å². The molecule has 1 heterocycles. The number of nitrogens with two attached hydrogens (primary N) is 1. The number of hydrogen-bond donors (Lipinski definition) is 2. The topological polar surface area (TPSA) is 50.9 Å². The number of rotatable bonds is 5. The van der Waals surface area contributed by atoms with E-state index in [0.717, 1.165) is 29.2 Å². The number of thiazole rings is 1. The van der Waals surface area contributed by atoms with Crippen LogP contribution in [0.1, 0.15) is 22.4 Å². The second-order valence-corrected chi connectivity index (χ2v) is 5.51. The molecule has 0 saturated heterocycles. The zero-order valence-corrected chi connectivity index (χ0v) is 11.8. The smallest absolute Gasteiger partial charge is 0.112 e. The van der Waals surface area contributed by atoms with Crippen LogP contribution in [0, 0.1) is 0 Å². The van der Waals surface area contributed by atoms with E-state index in [1.807, 2.05) is 30.5 Å². The van der Waals surface area contributed by atoms with Crippen molar-refractivity contribution in [3.63, 3.8) is 0 Å². The van der Waals surface area contributed by atoms with Crippen LogP contribution in [0.15, 0.2) is 30.5 Å². The van der Waals surface area contributed by atoms with Gasteiger partial charge in [0.1, 0.15) is 10.00 Å². The van der Waals surface area contributed by atoms with Gasteiger partial charge in [-0.1, -0.05) is 19.1 Å². The number of aromatic nitrogens is 1. The van der Waals surface area contributed by atoms with Crippen LogP contribution in [0.3, 0.4) is 0 Å². The summed E-state index contributed by atoms with van der Waals surface area (Å²) in [5, 5.41) is 4.43. The molecule has 0 aliphatic heterocycles. The van der Waals surface area contributed by atoms with Crippen molar-refractivity contribution in [3.8, 4) is 0 Å². The van der Waals surface area contributed by atoms with E-state index in [0.29, 0.717) is 4.99 Å². The molecule has 2 aromatic rings. The predicted molar refractivity (Wildman–Crippen MR) is 81.1 cm³/mol. The molecule has 3 N–H and O–H groups in total. The van der Waals surface area contributed by atoms with E-state index < -0.39 is 0 Å². The molecular weight excluding hydrogens is 262 g/mol. The molecule has 0 fully saturated rings. The van der Waals surface area contributed by atoms with Crippen LogP contribution in [0.5, 0.6) is 0 Å². The molecule has 94 valence electrons. The summed E-state index contributed by atoms with van der Waals surface area (Å²) in [6, 6.07) is 7.79. The summed E-state index contributed by atoms with van der Waals surface area (Å²) in [4.78, 5) is 6.10. The molecule has 0 aliphatic carbocycles. The van der Waals surface area contributed by atoms with Crippen molar-refractivity contribution in [1.29, 1.82) is 0 Å². The molecule has 1 aromatic carbocycles. The standard InChI is InChI=1S/C13H15N3S2/c1-2-11-7-16-12(18-11)8-15-10-5-3-9(4-6-10)13(14)17/h3-7,15H,2,8H2,1H3,(H2,14,17). The first-order valence-corrected chi connectivity index (χ1v) is 6.99. The van der Waals surface area contributed by atoms with E-state index in [9.17, 15) is 0 Å². The van der Waals surface area contributed by atoms with Crippen LogP contribution in [0.2, 0.25) is 0 Å². The lowest BCUT2D eigenvalue weighted by molar-refractivity contribution is 1.09. The summed E-state index contributed by atoms with van der Waals surface area (Å²) in [5.74, 6) is 0. The van der Waals surface area contributed by atoms with Crippen LogP contribution in [0.25, 0.3) is 0 Å². The summed E-state index contributed by atoms with van der Waals surface area (Å²) in [7, 11) is 0. The molecule has 0 amide bonds. The monoisotopic (exact) mass is 277 g/mol. The van der Waals surface area contributed by atoms with Crippen molar-refractivity contribution in [2.24, 2.45) is 5.73 Å². The fourth-order valence-corrected chi connectivity index (χ4v) is 2.46. The summed E-state index contributed by atoms with van der Waals surface area (Å²) in [6.07, 6.45) is 2.98. The zero-order valence-electron chi connectivity index (χ0n) is 10.1. The molecule has 0 unspecified atom stereocenters. The van der Waals surface area contributed by atoms with Gasteiger partial charge in [-0.25, -0.2) is 4.98 Å². The number of nitrogens with zero attached hydrogens (tertiary/aromatic N) is 1. The van der Waals surface area contributed by atoms with Crippen molar-refractivity contribution < 1.29 is 0 Å². The van der Waals surface area contributed by atoms with E-state index in [1.165, 1.54) is 4.88 Å². The largest absolute Gasteiger partial charge is 0.389 e. The molecule has 0 bridgehead atoms. The van der Waals surface area contributed by atoms with Crippen LogP contribution in [0.4, 0.5) is 5.69 Å². The first-order valence-electron chi connectivity index (χ1n) is 5.76. The minimum absolute atomic E-state index is 0.425. The Balaban J connectivity index is 1.95. The molecule has 0 radical (unpaired) electrons. The molecule has 0 aliphatic rings. The van der Waals surface area contributed by atoms with Gasteiger partial charge >= 0.3 is 0 Å². The second kappa shape index (κ2) is 5.93. The van der Waals surface area contributed by atoms with Crippen molar-refractivity contribution in [2.75, 3.05) is 5.32 Å². The summed E-state index contributed by atoms with van der Waals surface area (Å²) >= 11 is 6.66. The van der Waals surface area contributed by atoms with E-state index >= 15 is 0 Å². The van der Waals surface area contributed by atoms with Crippen LogP contribution in [-0.4, -0.2) is 9.97 Å². The van der Waals surface area contributed by atoms with Gasteiger partial charge < -0.3 is 11.1 Å². The maximum absolute atomic E-state index is 5.55. The van der Waals surface area contributed by atoms with Gasteiger partial charge in [0.25, 0.3) is 0 Å². The van der Waals surface area contributed by atoms with Crippen LogP contribution >= 0.6 is 23.6 Å². The third-order valence-electron chi connectivity index (χ3n) is 2.56. The quantitative estimate of drug-likeness (QED) is 0.825. The zero-order chi connectivity index (χ0) is 13.0. The van der Waals surface area contributed by atoms with E-state index in [2.05, 4.69) is 17.2 Å². The lowest BCUT2D eigenvalue weighted by Gasteiger charge is -2.05. The second-order valence-electron chi connectivity index (χ2n) is 3.87. The first-order chi connectivity index (χ1) is 8.69. The van der Waals surface area contributed by atoms with Crippen molar-refractivity contribution in [3.05, 3.63) is 45.9 Å². The van der Waals surface area contributed by atoms with Crippen molar-refractivity contribution in [2.45, 2.75) is 19.9 Å². The van der Waals surface area contributed by atoms with Gasteiger partial charge in [0.05, 0.1) is 6.54 Å². The van der Waals surface area contributed by atoms with E-state index in [4.69, 9.17) is 18.0 Å². The Morgan fingerprint density at radius 3 is 2.67 bits per heavy atom. The lowest BCUT2D eigenvalue weighted by Crippen LogP contribution is -2.09. The highest BCUT2D eigenvalue weighted by atomic mass is 32.1. The number of anilines is 1. The van der Waals surface area contributed by atoms with Gasteiger partial charge in [0.2, 0.25) is 0 Å².